The standard InChI is InChI=1S/C11H16Cl3NO4/c1-5-8-6(18-10(2,3)19-8)4-7(16-5)17-9(15)11(12,13)14/h5-8,15H,4H2,1-3H3/t5-,6+,7?,8-/m1/s1. The molecule has 0 amide bonds. The molecule has 0 aromatic heterocycles. The first kappa shape index (κ1) is 15.6. The maximum absolute atomic E-state index is 7.54. The van der Waals surface area contributed by atoms with Crippen molar-refractivity contribution in [2.24, 2.45) is 0 Å². The minimum absolute atomic E-state index is 0.156. The molecule has 0 radical (unpaired) electrons. The summed E-state index contributed by atoms with van der Waals surface area (Å²) in [6.45, 7) is 5.55. The van der Waals surface area contributed by atoms with Gasteiger partial charge >= 0.3 is 0 Å². The van der Waals surface area contributed by atoms with E-state index in [-0.39, 0.29) is 18.3 Å². The Hall–Kier alpha value is 0.220. The van der Waals surface area contributed by atoms with E-state index < -0.39 is 21.8 Å². The third kappa shape index (κ3) is 3.65. The van der Waals surface area contributed by atoms with Crippen LogP contribution in [0.4, 0.5) is 0 Å². The summed E-state index contributed by atoms with van der Waals surface area (Å²) < 4.78 is 20.5. The molecule has 1 unspecified atom stereocenters. The molecule has 0 bridgehead atoms. The molecule has 0 spiro atoms. The van der Waals surface area contributed by atoms with Gasteiger partial charge in [-0.1, -0.05) is 34.8 Å². The second kappa shape index (κ2) is 5.20. The van der Waals surface area contributed by atoms with Crippen LogP contribution in [0.1, 0.15) is 27.2 Å². The van der Waals surface area contributed by atoms with Crippen LogP contribution in [0.3, 0.4) is 0 Å². The van der Waals surface area contributed by atoms with Gasteiger partial charge in [-0.15, -0.1) is 0 Å². The van der Waals surface area contributed by atoms with Crippen LogP contribution in [0.5, 0.6) is 0 Å². The van der Waals surface area contributed by atoms with E-state index in [2.05, 4.69) is 0 Å². The van der Waals surface area contributed by atoms with Crippen LogP contribution >= 0.6 is 34.8 Å². The van der Waals surface area contributed by atoms with E-state index in [0.29, 0.717) is 6.42 Å². The number of hydrogen-bond donors (Lipinski definition) is 1. The van der Waals surface area contributed by atoms with Crippen LogP contribution < -0.4 is 0 Å². The fourth-order valence-electron chi connectivity index (χ4n) is 2.28. The number of ether oxygens (including phenoxy) is 4. The molecule has 0 aromatic carbocycles. The Balaban J connectivity index is 1.99. The summed E-state index contributed by atoms with van der Waals surface area (Å²) in [6, 6.07) is 0. The zero-order valence-electron chi connectivity index (χ0n) is 10.8. The normalized spacial score (nSPS) is 37.8. The molecule has 2 rings (SSSR count). The van der Waals surface area contributed by atoms with Crippen LogP contribution in [0.2, 0.25) is 0 Å². The van der Waals surface area contributed by atoms with Crippen LogP contribution in [0, 0.1) is 5.41 Å². The second-order valence-electron chi connectivity index (χ2n) is 5.09. The Morgan fingerprint density at radius 1 is 1.32 bits per heavy atom. The van der Waals surface area contributed by atoms with E-state index in [4.69, 9.17) is 59.2 Å². The van der Waals surface area contributed by atoms with Crippen molar-refractivity contribution in [3.63, 3.8) is 0 Å². The number of alkyl halides is 3. The van der Waals surface area contributed by atoms with Crippen LogP contribution in [0.25, 0.3) is 0 Å². The van der Waals surface area contributed by atoms with E-state index >= 15 is 0 Å². The second-order valence-corrected chi connectivity index (χ2v) is 7.37. The maximum Gasteiger partial charge on any atom is 0.265 e. The molecule has 0 aromatic rings. The zero-order chi connectivity index (χ0) is 14.4. The molecule has 2 aliphatic rings. The van der Waals surface area contributed by atoms with Crippen molar-refractivity contribution in [1.29, 1.82) is 5.41 Å². The van der Waals surface area contributed by atoms with Crippen molar-refractivity contribution >= 4 is 40.7 Å². The van der Waals surface area contributed by atoms with Gasteiger partial charge < -0.3 is 18.9 Å². The lowest BCUT2D eigenvalue weighted by molar-refractivity contribution is -0.197. The van der Waals surface area contributed by atoms with E-state index in [9.17, 15) is 0 Å². The van der Waals surface area contributed by atoms with Crippen LogP contribution in [-0.2, 0) is 18.9 Å². The van der Waals surface area contributed by atoms with Gasteiger partial charge in [-0.2, -0.15) is 0 Å². The summed E-state index contributed by atoms with van der Waals surface area (Å²) in [6.07, 6.45) is -0.809. The SMILES string of the molecule is C[C@H]1OC(OC(=N)C(Cl)(Cl)Cl)C[C@@H]2OC(C)(C)O[C@@H]21. The van der Waals surface area contributed by atoms with E-state index in [1.54, 1.807) is 0 Å². The minimum Gasteiger partial charge on any atom is -0.448 e. The molecular weight excluding hydrogens is 316 g/mol. The van der Waals surface area contributed by atoms with Gasteiger partial charge in [0.05, 0.1) is 12.2 Å². The summed E-state index contributed by atoms with van der Waals surface area (Å²) in [4.78, 5) is 0. The fraction of sp³-hybridized carbons (Fsp3) is 0.909. The first-order chi connectivity index (χ1) is 8.58. The Bertz CT molecular complexity index is 371. The highest BCUT2D eigenvalue weighted by Crippen LogP contribution is 2.38. The largest absolute Gasteiger partial charge is 0.448 e. The quantitative estimate of drug-likeness (QED) is 0.455. The summed E-state index contributed by atoms with van der Waals surface area (Å²) in [5, 5.41) is 7.54. The third-order valence-corrected chi connectivity index (χ3v) is 3.50. The predicted molar refractivity (Wildman–Crippen MR) is 71.9 cm³/mol. The summed E-state index contributed by atoms with van der Waals surface area (Å²) >= 11 is 16.7. The third-order valence-electron chi connectivity index (χ3n) is 2.98. The minimum atomic E-state index is -1.89. The van der Waals surface area contributed by atoms with Gasteiger partial charge in [0.1, 0.15) is 6.10 Å². The number of hydrogen-bond acceptors (Lipinski definition) is 5. The van der Waals surface area contributed by atoms with Gasteiger partial charge in [-0.25, -0.2) is 0 Å². The number of nitrogens with one attached hydrogen (secondary N) is 1. The fourth-order valence-corrected chi connectivity index (χ4v) is 2.41. The first-order valence-electron chi connectivity index (χ1n) is 5.92. The van der Waals surface area contributed by atoms with Crippen molar-refractivity contribution in [3.05, 3.63) is 0 Å². The van der Waals surface area contributed by atoms with Gasteiger partial charge in [0.15, 0.2) is 5.79 Å². The van der Waals surface area contributed by atoms with Crippen molar-refractivity contribution in [2.45, 2.75) is 61.4 Å². The van der Waals surface area contributed by atoms with Crippen molar-refractivity contribution in [2.75, 3.05) is 0 Å². The molecule has 8 heteroatoms. The first-order valence-corrected chi connectivity index (χ1v) is 7.05. The van der Waals surface area contributed by atoms with Gasteiger partial charge in [0.25, 0.3) is 3.79 Å². The summed E-state index contributed by atoms with van der Waals surface area (Å²) in [5.74, 6) is -1.11. The lowest BCUT2D eigenvalue weighted by Crippen LogP contribution is -2.47. The molecule has 2 aliphatic heterocycles. The predicted octanol–water partition coefficient (Wildman–Crippen LogP) is 3.01. The summed E-state index contributed by atoms with van der Waals surface area (Å²) in [5.41, 5.74) is 0. The average Bonchev–Trinajstić information content (AvgIpc) is 2.51. The van der Waals surface area contributed by atoms with E-state index in [0.717, 1.165) is 0 Å². The molecule has 2 fully saturated rings. The van der Waals surface area contributed by atoms with E-state index in [1.165, 1.54) is 0 Å². The van der Waals surface area contributed by atoms with Gasteiger partial charge in [0.2, 0.25) is 12.2 Å². The number of fused-ring (bicyclic) bond motifs is 1. The van der Waals surface area contributed by atoms with Crippen molar-refractivity contribution in [3.8, 4) is 0 Å². The molecule has 2 saturated heterocycles. The highest BCUT2D eigenvalue weighted by atomic mass is 35.6. The smallest absolute Gasteiger partial charge is 0.265 e. The molecule has 5 nitrogen and oxygen atoms in total. The lowest BCUT2D eigenvalue weighted by atomic mass is 10.0. The molecule has 0 saturated carbocycles. The molecule has 0 aliphatic carbocycles. The Kier molecular flexibility index (Phi) is 4.27. The molecular formula is C11H16Cl3NO4. The van der Waals surface area contributed by atoms with Gasteiger partial charge in [-0.3, -0.25) is 5.41 Å². The van der Waals surface area contributed by atoms with Crippen molar-refractivity contribution < 1.29 is 18.9 Å². The lowest BCUT2D eigenvalue weighted by Gasteiger charge is -2.35. The number of rotatable bonds is 1. The zero-order valence-corrected chi connectivity index (χ0v) is 13.1. The molecule has 19 heavy (non-hydrogen) atoms. The Labute approximate surface area is 126 Å². The highest BCUT2D eigenvalue weighted by molar-refractivity contribution is 6.76. The molecule has 2 heterocycles. The number of halogens is 3. The molecule has 1 N–H and O–H groups in total. The summed E-state index contributed by atoms with van der Waals surface area (Å²) in [7, 11) is 0. The van der Waals surface area contributed by atoms with E-state index in [1.807, 2.05) is 20.8 Å². The highest BCUT2D eigenvalue weighted by Gasteiger charge is 2.49. The molecule has 110 valence electrons. The Morgan fingerprint density at radius 3 is 2.53 bits per heavy atom. The van der Waals surface area contributed by atoms with Crippen LogP contribution in [0.15, 0.2) is 0 Å². The molecule has 4 atom stereocenters. The van der Waals surface area contributed by atoms with Gasteiger partial charge in [-0.05, 0) is 20.8 Å². The topological polar surface area (TPSA) is 60.8 Å². The average molecular weight is 333 g/mol. The maximum atomic E-state index is 7.54. The monoisotopic (exact) mass is 331 g/mol. The van der Waals surface area contributed by atoms with Crippen molar-refractivity contribution in [1.82, 2.24) is 0 Å². The van der Waals surface area contributed by atoms with Crippen LogP contribution in [-0.4, -0.2) is 40.1 Å². The Morgan fingerprint density at radius 2 is 1.95 bits per heavy atom. The van der Waals surface area contributed by atoms with Gasteiger partial charge in [0, 0.05) is 6.42 Å².